The Morgan fingerprint density at radius 1 is 1.17 bits per heavy atom. The van der Waals surface area contributed by atoms with Crippen molar-refractivity contribution in [3.05, 3.63) is 53.3 Å². The Hall–Kier alpha value is -2.76. The lowest BCUT2D eigenvalue weighted by atomic mass is 10.1. The number of nitrogens with one attached hydrogen (secondary N) is 1. The summed E-state index contributed by atoms with van der Waals surface area (Å²) in [5, 5.41) is 2.97. The molecular formula is C24H34N4O2. The van der Waals surface area contributed by atoms with Gasteiger partial charge < -0.3 is 19.7 Å². The smallest absolute Gasteiger partial charge is 0.322 e. The average Bonchev–Trinajstić information content (AvgIpc) is 3.47. The molecule has 0 saturated heterocycles. The monoisotopic (exact) mass is 410 g/mol. The Labute approximate surface area is 179 Å². The molecule has 6 nitrogen and oxygen atoms in total. The Kier molecular flexibility index (Phi) is 7.19. The molecule has 1 heterocycles. The van der Waals surface area contributed by atoms with Crippen LogP contribution in [0.5, 0.6) is 0 Å². The van der Waals surface area contributed by atoms with Crippen LogP contribution in [0.2, 0.25) is 0 Å². The number of unbranched alkanes of at least 4 members (excludes halogenated alkanes) is 1. The molecule has 162 valence electrons. The van der Waals surface area contributed by atoms with Crippen molar-refractivity contribution in [2.45, 2.75) is 59.0 Å². The van der Waals surface area contributed by atoms with Gasteiger partial charge in [-0.3, -0.25) is 4.79 Å². The van der Waals surface area contributed by atoms with E-state index in [-0.39, 0.29) is 18.5 Å². The number of nitrogens with zero attached hydrogens (tertiary/aromatic N) is 3. The van der Waals surface area contributed by atoms with Crippen LogP contribution in [0, 0.1) is 13.8 Å². The molecule has 3 rings (SSSR count). The Morgan fingerprint density at radius 3 is 2.53 bits per heavy atom. The highest BCUT2D eigenvalue weighted by Crippen LogP contribution is 2.28. The number of hydrogen-bond acceptors (Lipinski definition) is 2. The summed E-state index contributed by atoms with van der Waals surface area (Å²) < 4.78 is 2.05. The molecule has 0 atom stereocenters. The summed E-state index contributed by atoms with van der Waals surface area (Å²) >= 11 is 0. The quantitative estimate of drug-likeness (QED) is 0.663. The number of aromatic nitrogens is 1. The normalized spacial score (nSPS) is 13.2. The van der Waals surface area contributed by atoms with E-state index in [4.69, 9.17) is 0 Å². The summed E-state index contributed by atoms with van der Waals surface area (Å²) in [6.07, 6.45) is 5.92. The molecule has 1 aliphatic rings. The van der Waals surface area contributed by atoms with Crippen LogP contribution >= 0.6 is 0 Å². The number of hydrogen-bond donors (Lipinski definition) is 1. The Morgan fingerprint density at radius 2 is 1.93 bits per heavy atom. The van der Waals surface area contributed by atoms with E-state index in [0.29, 0.717) is 19.1 Å². The van der Waals surface area contributed by atoms with Crippen molar-refractivity contribution >= 4 is 17.6 Å². The molecule has 0 bridgehead atoms. The number of rotatable bonds is 9. The Balaban J connectivity index is 1.68. The molecular weight excluding hydrogens is 376 g/mol. The molecule has 0 unspecified atom stereocenters. The second kappa shape index (κ2) is 9.83. The van der Waals surface area contributed by atoms with Crippen molar-refractivity contribution < 1.29 is 9.59 Å². The van der Waals surface area contributed by atoms with Crippen LogP contribution in [-0.4, -0.2) is 45.4 Å². The lowest BCUT2D eigenvalue weighted by Crippen LogP contribution is -2.45. The third-order valence-corrected chi connectivity index (χ3v) is 5.84. The summed E-state index contributed by atoms with van der Waals surface area (Å²) in [6.45, 7) is 7.44. The van der Waals surface area contributed by atoms with Gasteiger partial charge in [-0.25, -0.2) is 4.79 Å². The molecule has 1 aromatic heterocycles. The molecule has 6 heteroatoms. The number of amides is 3. The van der Waals surface area contributed by atoms with Crippen molar-refractivity contribution in [1.82, 2.24) is 14.4 Å². The highest BCUT2D eigenvalue weighted by molar-refractivity contribution is 5.92. The second-order valence-corrected chi connectivity index (χ2v) is 8.37. The van der Waals surface area contributed by atoms with Crippen molar-refractivity contribution in [1.29, 1.82) is 0 Å². The van der Waals surface area contributed by atoms with E-state index < -0.39 is 0 Å². The zero-order valence-electron chi connectivity index (χ0n) is 18.6. The summed E-state index contributed by atoms with van der Waals surface area (Å²) in [7, 11) is 2.00. The largest absolute Gasteiger partial charge is 0.353 e. The number of anilines is 1. The number of urea groups is 1. The number of carbonyl (C=O) groups is 2. The lowest BCUT2D eigenvalue weighted by Gasteiger charge is -2.28. The van der Waals surface area contributed by atoms with E-state index in [1.807, 2.05) is 66.9 Å². The van der Waals surface area contributed by atoms with Gasteiger partial charge in [0.25, 0.3) is 0 Å². The van der Waals surface area contributed by atoms with E-state index in [0.717, 1.165) is 42.6 Å². The first-order valence-corrected chi connectivity index (χ1v) is 10.9. The molecule has 0 aliphatic heterocycles. The minimum Gasteiger partial charge on any atom is -0.353 e. The van der Waals surface area contributed by atoms with Crippen LogP contribution in [0.4, 0.5) is 10.5 Å². The maximum absolute atomic E-state index is 13.2. The molecule has 1 fully saturated rings. The topological polar surface area (TPSA) is 57.6 Å². The van der Waals surface area contributed by atoms with Crippen LogP contribution in [0.25, 0.3) is 0 Å². The highest BCUT2D eigenvalue weighted by Gasteiger charge is 2.34. The minimum atomic E-state index is -0.213. The third kappa shape index (κ3) is 5.65. The average molecular weight is 411 g/mol. The van der Waals surface area contributed by atoms with Crippen molar-refractivity contribution in [3.63, 3.8) is 0 Å². The van der Waals surface area contributed by atoms with Crippen LogP contribution in [0.15, 0.2) is 36.5 Å². The fourth-order valence-electron chi connectivity index (χ4n) is 3.52. The lowest BCUT2D eigenvalue weighted by molar-refractivity contribution is -0.133. The van der Waals surface area contributed by atoms with E-state index in [1.54, 1.807) is 4.90 Å². The van der Waals surface area contributed by atoms with Gasteiger partial charge in [-0.05, 0) is 68.5 Å². The molecule has 0 spiro atoms. The van der Waals surface area contributed by atoms with Crippen LogP contribution in [0.1, 0.15) is 49.4 Å². The van der Waals surface area contributed by atoms with Gasteiger partial charge in [0.15, 0.2) is 0 Å². The first-order valence-electron chi connectivity index (χ1n) is 10.9. The zero-order valence-corrected chi connectivity index (χ0v) is 18.6. The molecule has 30 heavy (non-hydrogen) atoms. The molecule has 1 aromatic carbocycles. The molecule has 1 N–H and O–H groups in total. The predicted octanol–water partition coefficient (Wildman–Crippen LogP) is 4.47. The van der Waals surface area contributed by atoms with Crippen molar-refractivity contribution in [2.75, 3.05) is 18.4 Å². The first-order chi connectivity index (χ1) is 14.4. The maximum atomic E-state index is 13.2. The van der Waals surface area contributed by atoms with E-state index >= 15 is 0 Å². The van der Waals surface area contributed by atoms with E-state index in [2.05, 4.69) is 12.2 Å². The highest BCUT2D eigenvalue weighted by atomic mass is 16.2. The van der Waals surface area contributed by atoms with Gasteiger partial charge in [-0.15, -0.1) is 0 Å². The van der Waals surface area contributed by atoms with Crippen molar-refractivity contribution in [2.24, 2.45) is 7.05 Å². The van der Waals surface area contributed by atoms with Gasteiger partial charge in [-0.2, -0.15) is 0 Å². The molecule has 3 amide bonds. The zero-order chi connectivity index (χ0) is 21.7. The first kappa shape index (κ1) is 21.9. The fraction of sp³-hybridized carbons (Fsp3) is 0.500. The molecule has 1 aliphatic carbocycles. The predicted molar refractivity (Wildman–Crippen MR) is 120 cm³/mol. The van der Waals surface area contributed by atoms with Gasteiger partial charge in [0.2, 0.25) is 5.91 Å². The van der Waals surface area contributed by atoms with Crippen LogP contribution in [0.3, 0.4) is 0 Å². The minimum absolute atomic E-state index is 0.0186. The summed E-state index contributed by atoms with van der Waals surface area (Å²) in [5.74, 6) is 0.0186. The van der Waals surface area contributed by atoms with Gasteiger partial charge in [0.05, 0.1) is 6.54 Å². The van der Waals surface area contributed by atoms with Gasteiger partial charge in [-0.1, -0.05) is 19.4 Å². The van der Waals surface area contributed by atoms with Gasteiger partial charge in [0, 0.05) is 37.2 Å². The van der Waals surface area contributed by atoms with Crippen LogP contribution in [-0.2, 0) is 18.4 Å². The Bertz CT molecular complexity index is 885. The summed E-state index contributed by atoms with van der Waals surface area (Å²) in [4.78, 5) is 29.8. The van der Waals surface area contributed by atoms with Crippen LogP contribution < -0.4 is 5.32 Å². The van der Waals surface area contributed by atoms with Crippen molar-refractivity contribution in [3.8, 4) is 0 Å². The molecule has 0 radical (unpaired) electrons. The number of carbonyl (C=O) groups excluding carboxylic acids is 2. The summed E-state index contributed by atoms with van der Waals surface area (Å²) in [6, 6.07) is 10.0. The number of aryl methyl sites for hydroxylation is 3. The van der Waals surface area contributed by atoms with E-state index in [1.165, 1.54) is 5.56 Å². The SMILES string of the molecule is CCCCN(CC(=O)N(Cc1cccn1C)C1CC1)C(=O)Nc1ccc(C)c(C)c1. The van der Waals surface area contributed by atoms with E-state index in [9.17, 15) is 9.59 Å². The molecule has 1 saturated carbocycles. The van der Waals surface area contributed by atoms with Gasteiger partial charge >= 0.3 is 6.03 Å². The standard InChI is InChI=1S/C24H34N4O2/c1-5-6-14-27(24(30)25-20-10-9-18(2)19(3)15-20)17-23(29)28(21-11-12-21)16-22-8-7-13-26(22)4/h7-10,13,15,21H,5-6,11-12,14,16-17H2,1-4H3,(H,25,30). The van der Waals surface area contributed by atoms with Gasteiger partial charge in [0.1, 0.15) is 6.54 Å². The molecule has 2 aromatic rings. The maximum Gasteiger partial charge on any atom is 0.322 e. The number of benzene rings is 1. The third-order valence-electron chi connectivity index (χ3n) is 5.84. The second-order valence-electron chi connectivity index (χ2n) is 8.37. The summed E-state index contributed by atoms with van der Waals surface area (Å²) in [5.41, 5.74) is 4.19. The fourth-order valence-corrected chi connectivity index (χ4v) is 3.52.